The van der Waals surface area contributed by atoms with Crippen molar-refractivity contribution >= 4 is 12.3 Å². The minimum Gasteiger partial charge on any atom is -0.378 e. The summed E-state index contributed by atoms with van der Waals surface area (Å²) in [5.41, 5.74) is 0. The minimum absolute atomic E-state index is 0.0927. The molecular formula is C11H18N2O3. The van der Waals surface area contributed by atoms with Gasteiger partial charge in [0.25, 0.3) is 0 Å². The van der Waals surface area contributed by atoms with Crippen molar-refractivity contribution in [3.63, 3.8) is 0 Å². The van der Waals surface area contributed by atoms with E-state index in [2.05, 4.69) is 0 Å². The van der Waals surface area contributed by atoms with Crippen LogP contribution >= 0.6 is 0 Å². The lowest BCUT2D eigenvalue weighted by molar-refractivity contribution is -0.145. The molecule has 2 amide bonds. The predicted molar refractivity (Wildman–Crippen MR) is 57.8 cm³/mol. The number of hydrogen-bond acceptors (Lipinski definition) is 3. The van der Waals surface area contributed by atoms with E-state index >= 15 is 0 Å². The van der Waals surface area contributed by atoms with Crippen LogP contribution in [-0.4, -0.2) is 61.0 Å². The highest BCUT2D eigenvalue weighted by atomic mass is 16.5. The SMILES string of the molecule is O=CN1CCCC[C@H]1C(=O)N1CCOCC1. The maximum atomic E-state index is 12.2. The molecule has 0 aliphatic carbocycles. The zero-order valence-electron chi connectivity index (χ0n) is 9.43. The highest BCUT2D eigenvalue weighted by Crippen LogP contribution is 2.17. The van der Waals surface area contributed by atoms with E-state index in [1.165, 1.54) is 0 Å². The van der Waals surface area contributed by atoms with Gasteiger partial charge in [-0.3, -0.25) is 9.59 Å². The van der Waals surface area contributed by atoms with Crippen molar-refractivity contribution in [3.05, 3.63) is 0 Å². The Morgan fingerprint density at radius 3 is 2.62 bits per heavy atom. The first-order valence-electron chi connectivity index (χ1n) is 5.90. The number of ether oxygens (including phenoxy) is 1. The fourth-order valence-electron chi connectivity index (χ4n) is 2.34. The molecule has 2 saturated heterocycles. The van der Waals surface area contributed by atoms with Crippen LogP contribution in [0.15, 0.2) is 0 Å². The predicted octanol–water partition coefficient (Wildman–Crippen LogP) is -0.144. The molecule has 2 fully saturated rings. The Bertz CT molecular complexity index is 264. The lowest BCUT2D eigenvalue weighted by atomic mass is 10.0. The third kappa shape index (κ3) is 2.35. The number of rotatable bonds is 2. The zero-order chi connectivity index (χ0) is 11.4. The molecule has 2 aliphatic heterocycles. The molecule has 2 aliphatic rings. The number of piperidine rings is 1. The average Bonchev–Trinajstić information content (AvgIpc) is 2.39. The van der Waals surface area contributed by atoms with Crippen molar-refractivity contribution < 1.29 is 14.3 Å². The molecule has 0 aromatic rings. The molecule has 90 valence electrons. The summed E-state index contributed by atoms with van der Waals surface area (Å²) in [5.74, 6) is 0.0927. The van der Waals surface area contributed by atoms with Gasteiger partial charge >= 0.3 is 0 Å². The fourth-order valence-corrected chi connectivity index (χ4v) is 2.34. The van der Waals surface area contributed by atoms with E-state index in [0.29, 0.717) is 32.8 Å². The van der Waals surface area contributed by atoms with Crippen molar-refractivity contribution in [2.45, 2.75) is 25.3 Å². The molecule has 16 heavy (non-hydrogen) atoms. The summed E-state index contributed by atoms with van der Waals surface area (Å²) in [7, 11) is 0. The summed E-state index contributed by atoms with van der Waals surface area (Å²) in [4.78, 5) is 26.5. The quantitative estimate of drug-likeness (QED) is 0.616. The van der Waals surface area contributed by atoms with Crippen LogP contribution in [-0.2, 0) is 14.3 Å². The molecule has 0 radical (unpaired) electrons. The number of hydrogen-bond donors (Lipinski definition) is 0. The molecule has 0 spiro atoms. The maximum absolute atomic E-state index is 12.2. The summed E-state index contributed by atoms with van der Waals surface area (Å²) < 4.78 is 5.21. The normalized spacial score (nSPS) is 26.6. The molecule has 0 bridgehead atoms. The first-order chi connectivity index (χ1) is 7.83. The van der Waals surface area contributed by atoms with Crippen LogP contribution in [0.1, 0.15) is 19.3 Å². The summed E-state index contributed by atoms with van der Waals surface area (Å²) in [6, 6.07) is -0.232. The van der Waals surface area contributed by atoms with Crippen LogP contribution < -0.4 is 0 Å². The number of carbonyl (C=O) groups excluding carboxylic acids is 2. The Morgan fingerprint density at radius 1 is 1.19 bits per heavy atom. The standard InChI is InChI=1S/C11H18N2O3/c14-9-13-4-2-1-3-10(13)11(15)12-5-7-16-8-6-12/h9-10H,1-8H2/t10-/m0/s1. The van der Waals surface area contributed by atoms with Crippen molar-refractivity contribution in [3.8, 4) is 0 Å². The Morgan fingerprint density at radius 2 is 1.94 bits per heavy atom. The number of carbonyl (C=O) groups is 2. The first kappa shape index (κ1) is 11.4. The van der Waals surface area contributed by atoms with Gasteiger partial charge in [0.05, 0.1) is 13.2 Å². The van der Waals surface area contributed by atoms with Gasteiger partial charge < -0.3 is 14.5 Å². The molecule has 2 heterocycles. The maximum Gasteiger partial charge on any atom is 0.245 e. The van der Waals surface area contributed by atoms with Gasteiger partial charge in [-0.1, -0.05) is 0 Å². The van der Waals surface area contributed by atoms with Crippen molar-refractivity contribution in [2.75, 3.05) is 32.8 Å². The molecule has 5 heteroatoms. The molecular weight excluding hydrogens is 208 g/mol. The number of morpholine rings is 1. The van der Waals surface area contributed by atoms with Crippen LogP contribution in [0.4, 0.5) is 0 Å². The molecule has 0 N–H and O–H groups in total. The summed E-state index contributed by atoms with van der Waals surface area (Å²) in [5, 5.41) is 0. The number of amides is 2. The van der Waals surface area contributed by atoms with E-state index in [4.69, 9.17) is 4.74 Å². The number of nitrogens with zero attached hydrogens (tertiary/aromatic N) is 2. The van der Waals surface area contributed by atoms with E-state index in [9.17, 15) is 9.59 Å². The van der Waals surface area contributed by atoms with Gasteiger partial charge in [-0.2, -0.15) is 0 Å². The molecule has 0 unspecified atom stereocenters. The van der Waals surface area contributed by atoms with E-state index < -0.39 is 0 Å². The van der Waals surface area contributed by atoms with Crippen LogP contribution in [0.5, 0.6) is 0 Å². The fraction of sp³-hybridized carbons (Fsp3) is 0.818. The second-order valence-corrected chi connectivity index (χ2v) is 4.29. The Kier molecular flexibility index (Phi) is 3.77. The van der Waals surface area contributed by atoms with Crippen LogP contribution in [0.25, 0.3) is 0 Å². The highest BCUT2D eigenvalue weighted by molar-refractivity contribution is 5.84. The second kappa shape index (κ2) is 5.30. The minimum atomic E-state index is -0.232. The second-order valence-electron chi connectivity index (χ2n) is 4.29. The van der Waals surface area contributed by atoms with Crippen molar-refractivity contribution in [2.24, 2.45) is 0 Å². The molecule has 0 aromatic carbocycles. The summed E-state index contributed by atoms with van der Waals surface area (Å²) in [6.45, 7) is 3.24. The van der Waals surface area contributed by atoms with Gasteiger partial charge in [-0.05, 0) is 19.3 Å². The number of likely N-dealkylation sites (tertiary alicyclic amines) is 1. The first-order valence-corrected chi connectivity index (χ1v) is 5.90. The van der Waals surface area contributed by atoms with Gasteiger partial charge in [-0.15, -0.1) is 0 Å². The summed E-state index contributed by atoms with van der Waals surface area (Å²) in [6.07, 6.45) is 3.65. The highest BCUT2D eigenvalue weighted by Gasteiger charge is 2.31. The molecule has 2 rings (SSSR count). The van der Waals surface area contributed by atoms with Gasteiger partial charge in [0.15, 0.2) is 0 Å². The van der Waals surface area contributed by atoms with E-state index in [1.807, 2.05) is 4.90 Å². The molecule has 0 saturated carbocycles. The smallest absolute Gasteiger partial charge is 0.245 e. The third-order valence-corrected chi connectivity index (χ3v) is 3.29. The van der Waals surface area contributed by atoms with Gasteiger partial charge in [0.2, 0.25) is 12.3 Å². The van der Waals surface area contributed by atoms with Gasteiger partial charge in [-0.25, -0.2) is 0 Å². The zero-order valence-corrected chi connectivity index (χ0v) is 9.43. The summed E-state index contributed by atoms with van der Waals surface area (Å²) >= 11 is 0. The monoisotopic (exact) mass is 226 g/mol. The van der Waals surface area contributed by atoms with Crippen LogP contribution in [0.2, 0.25) is 0 Å². The van der Waals surface area contributed by atoms with Crippen molar-refractivity contribution in [1.82, 2.24) is 9.80 Å². The van der Waals surface area contributed by atoms with Gasteiger partial charge in [0.1, 0.15) is 6.04 Å². The lowest BCUT2D eigenvalue weighted by Crippen LogP contribution is -2.53. The topological polar surface area (TPSA) is 49.9 Å². The molecule has 5 nitrogen and oxygen atoms in total. The van der Waals surface area contributed by atoms with E-state index in [0.717, 1.165) is 25.7 Å². The molecule has 0 aromatic heterocycles. The average molecular weight is 226 g/mol. The largest absolute Gasteiger partial charge is 0.378 e. The van der Waals surface area contributed by atoms with Crippen molar-refractivity contribution in [1.29, 1.82) is 0 Å². The van der Waals surface area contributed by atoms with Gasteiger partial charge in [0, 0.05) is 19.6 Å². The van der Waals surface area contributed by atoms with E-state index in [-0.39, 0.29) is 11.9 Å². The lowest BCUT2D eigenvalue weighted by Gasteiger charge is -2.36. The Labute approximate surface area is 95.3 Å². The molecule has 1 atom stereocenters. The van der Waals surface area contributed by atoms with Crippen LogP contribution in [0.3, 0.4) is 0 Å². The Hall–Kier alpha value is -1.10. The van der Waals surface area contributed by atoms with Crippen LogP contribution in [0, 0.1) is 0 Å². The third-order valence-electron chi connectivity index (χ3n) is 3.29. The van der Waals surface area contributed by atoms with E-state index in [1.54, 1.807) is 4.90 Å². The Balaban J connectivity index is 1.97.